The molecule has 1 unspecified atom stereocenters. The van der Waals surface area contributed by atoms with Gasteiger partial charge in [-0.05, 0) is 72.2 Å². The third-order valence-corrected chi connectivity index (χ3v) is 6.64. The van der Waals surface area contributed by atoms with Gasteiger partial charge in [0.15, 0.2) is 0 Å². The highest BCUT2D eigenvalue weighted by Crippen LogP contribution is 2.27. The Hall–Kier alpha value is -2.68. The molecule has 0 bridgehead atoms. The number of nitrogens with two attached hydrogens (primary N) is 1. The first-order valence-electron chi connectivity index (χ1n) is 11.5. The van der Waals surface area contributed by atoms with E-state index < -0.39 is 0 Å². The first kappa shape index (κ1) is 21.5. The fourth-order valence-electron chi connectivity index (χ4n) is 4.74. The fourth-order valence-corrected chi connectivity index (χ4v) is 4.74. The minimum Gasteiger partial charge on any atom is -0.329 e. The Morgan fingerprint density at radius 1 is 0.903 bits per heavy atom. The Balaban J connectivity index is 1.51. The summed E-state index contributed by atoms with van der Waals surface area (Å²) in [6, 6.07) is 24.6. The summed E-state index contributed by atoms with van der Waals surface area (Å²) in [6.45, 7) is 7.36. The second kappa shape index (κ2) is 10.1. The van der Waals surface area contributed by atoms with Crippen LogP contribution >= 0.6 is 0 Å². The molecule has 2 N–H and O–H groups in total. The first-order valence-corrected chi connectivity index (χ1v) is 11.5. The van der Waals surface area contributed by atoms with Crippen LogP contribution in [0.25, 0.3) is 23.3 Å². The maximum Gasteiger partial charge on any atom is 0.0237 e. The molecule has 1 saturated heterocycles. The highest BCUT2D eigenvalue weighted by atomic mass is 15.2. The van der Waals surface area contributed by atoms with Crippen molar-refractivity contribution in [2.24, 2.45) is 5.73 Å². The van der Waals surface area contributed by atoms with E-state index in [-0.39, 0.29) is 0 Å². The lowest BCUT2D eigenvalue weighted by molar-refractivity contribution is 0.145. The Bertz CT molecular complexity index is 1040. The summed E-state index contributed by atoms with van der Waals surface area (Å²) in [6.07, 6.45) is 8.33. The second-order valence-corrected chi connectivity index (χ2v) is 8.77. The summed E-state index contributed by atoms with van der Waals surface area (Å²) in [5, 5.41) is 0. The molecule has 1 aliphatic rings. The molecule has 31 heavy (non-hydrogen) atoms. The normalized spacial score (nSPS) is 17.3. The molecule has 1 fully saturated rings. The molecule has 0 aliphatic carbocycles. The van der Waals surface area contributed by atoms with Crippen molar-refractivity contribution in [3.63, 3.8) is 0 Å². The van der Waals surface area contributed by atoms with Gasteiger partial charge in [-0.15, -0.1) is 0 Å². The van der Waals surface area contributed by atoms with Gasteiger partial charge in [0.1, 0.15) is 0 Å². The number of benzene rings is 3. The monoisotopic (exact) mass is 410 g/mol. The summed E-state index contributed by atoms with van der Waals surface area (Å²) in [5.74, 6) is 0. The van der Waals surface area contributed by atoms with E-state index in [0.29, 0.717) is 6.04 Å². The molecule has 2 nitrogen and oxygen atoms in total. The van der Waals surface area contributed by atoms with E-state index >= 15 is 0 Å². The van der Waals surface area contributed by atoms with Crippen molar-refractivity contribution < 1.29 is 0 Å². The standard InChI is InChI=1S/C29H34N2/c1-22-19-24(21-31-18-7-6-12-28(31)20-30)14-15-25(22)16-17-26-11-8-13-29(23(26)2)27-9-4-3-5-10-27/h3-5,8-11,13-17,19,28H,6-7,12,18,20-21,30H2,1-2H3/b17-16+. The van der Waals surface area contributed by atoms with Gasteiger partial charge in [0.25, 0.3) is 0 Å². The highest BCUT2D eigenvalue weighted by Gasteiger charge is 2.21. The summed E-state index contributed by atoms with van der Waals surface area (Å²) >= 11 is 0. The molecule has 0 amide bonds. The summed E-state index contributed by atoms with van der Waals surface area (Å²) in [4.78, 5) is 2.56. The van der Waals surface area contributed by atoms with Gasteiger partial charge >= 0.3 is 0 Å². The molecule has 1 heterocycles. The molecular formula is C29H34N2. The summed E-state index contributed by atoms with van der Waals surface area (Å²) < 4.78 is 0. The van der Waals surface area contributed by atoms with Crippen molar-refractivity contribution in [2.75, 3.05) is 13.1 Å². The average Bonchev–Trinajstić information content (AvgIpc) is 2.80. The third kappa shape index (κ3) is 5.15. The zero-order valence-corrected chi connectivity index (χ0v) is 18.9. The quantitative estimate of drug-likeness (QED) is 0.473. The molecule has 0 saturated carbocycles. The van der Waals surface area contributed by atoms with Gasteiger partial charge in [0.05, 0.1) is 0 Å². The smallest absolute Gasteiger partial charge is 0.0237 e. The van der Waals surface area contributed by atoms with Crippen molar-refractivity contribution in [1.82, 2.24) is 4.90 Å². The number of aryl methyl sites for hydroxylation is 1. The van der Waals surface area contributed by atoms with Gasteiger partial charge < -0.3 is 5.73 Å². The van der Waals surface area contributed by atoms with Crippen LogP contribution in [0, 0.1) is 13.8 Å². The fraction of sp³-hybridized carbons (Fsp3) is 0.310. The average molecular weight is 411 g/mol. The topological polar surface area (TPSA) is 29.3 Å². The zero-order valence-electron chi connectivity index (χ0n) is 18.9. The molecule has 1 atom stereocenters. The van der Waals surface area contributed by atoms with Crippen LogP contribution in [-0.4, -0.2) is 24.0 Å². The van der Waals surface area contributed by atoms with Crippen LogP contribution < -0.4 is 5.73 Å². The Morgan fingerprint density at radius 3 is 2.48 bits per heavy atom. The van der Waals surface area contributed by atoms with Gasteiger partial charge in [-0.1, -0.05) is 85.3 Å². The third-order valence-electron chi connectivity index (χ3n) is 6.64. The largest absolute Gasteiger partial charge is 0.329 e. The maximum absolute atomic E-state index is 6.01. The number of rotatable bonds is 6. The van der Waals surface area contributed by atoms with E-state index in [0.717, 1.165) is 13.1 Å². The Morgan fingerprint density at radius 2 is 1.71 bits per heavy atom. The predicted molar refractivity (Wildman–Crippen MR) is 134 cm³/mol. The SMILES string of the molecule is Cc1cc(CN2CCCCC2CN)ccc1/C=C/c1cccc(-c2ccccc2)c1C. The molecule has 2 heteroatoms. The van der Waals surface area contributed by atoms with Crippen molar-refractivity contribution in [2.45, 2.75) is 45.7 Å². The van der Waals surface area contributed by atoms with E-state index in [2.05, 4.69) is 97.6 Å². The summed E-state index contributed by atoms with van der Waals surface area (Å²) in [7, 11) is 0. The van der Waals surface area contributed by atoms with Gasteiger partial charge in [-0.25, -0.2) is 0 Å². The Labute approximate surface area is 187 Å². The number of hydrogen-bond acceptors (Lipinski definition) is 2. The van der Waals surface area contributed by atoms with Gasteiger partial charge in [0.2, 0.25) is 0 Å². The lowest BCUT2D eigenvalue weighted by Gasteiger charge is -2.35. The highest BCUT2D eigenvalue weighted by molar-refractivity contribution is 5.78. The van der Waals surface area contributed by atoms with Gasteiger partial charge in [-0.3, -0.25) is 4.90 Å². The lowest BCUT2D eigenvalue weighted by atomic mass is 9.95. The van der Waals surface area contributed by atoms with Gasteiger partial charge in [0, 0.05) is 19.1 Å². The van der Waals surface area contributed by atoms with E-state index in [1.165, 1.54) is 64.8 Å². The van der Waals surface area contributed by atoms with Crippen LogP contribution in [0.1, 0.15) is 47.1 Å². The van der Waals surface area contributed by atoms with Crippen LogP contribution in [0.4, 0.5) is 0 Å². The second-order valence-electron chi connectivity index (χ2n) is 8.77. The zero-order chi connectivity index (χ0) is 21.6. The molecule has 1 aliphatic heterocycles. The predicted octanol–water partition coefficient (Wildman–Crippen LogP) is 6.45. The molecule has 3 aromatic carbocycles. The van der Waals surface area contributed by atoms with Crippen molar-refractivity contribution in [3.8, 4) is 11.1 Å². The molecule has 3 aromatic rings. The summed E-state index contributed by atoms with van der Waals surface area (Å²) in [5.41, 5.74) is 15.1. The van der Waals surface area contributed by atoms with Crippen LogP contribution in [0.5, 0.6) is 0 Å². The lowest BCUT2D eigenvalue weighted by Crippen LogP contribution is -2.43. The molecular weight excluding hydrogens is 376 g/mol. The first-order chi connectivity index (χ1) is 15.2. The van der Waals surface area contributed by atoms with E-state index in [1.54, 1.807) is 0 Å². The maximum atomic E-state index is 6.01. The number of hydrogen-bond donors (Lipinski definition) is 1. The van der Waals surface area contributed by atoms with Crippen LogP contribution in [0.15, 0.2) is 66.7 Å². The minimum atomic E-state index is 0.536. The minimum absolute atomic E-state index is 0.536. The van der Waals surface area contributed by atoms with E-state index in [4.69, 9.17) is 5.73 Å². The molecule has 0 aromatic heterocycles. The van der Waals surface area contributed by atoms with E-state index in [1.807, 2.05) is 0 Å². The van der Waals surface area contributed by atoms with E-state index in [9.17, 15) is 0 Å². The van der Waals surface area contributed by atoms with Crippen molar-refractivity contribution >= 4 is 12.2 Å². The van der Waals surface area contributed by atoms with Crippen molar-refractivity contribution in [3.05, 3.63) is 94.5 Å². The van der Waals surface area contributed by atoms with Crippen molar-refractivity contribution in [1.29, 1.82) is 0 Å². The molecule has 4 rings (SSSR count). The van der Waals surface area contributed by atoms with Crippen LogP contribution in [-0.2, 0) is 6.54 Å². The number of piperidine rings is 1. The Kier molecular flexibility index (Phi) is 7.01. The number of likely N-dealkylation sites (tertiary alicyclic amines) is 1. The van der Waals surface area contributed by atoms with Crippen LogP contribution in [0.2, 0.25) is 0 Å². The van der Waals surface area contributed by atoms with Crippen LogP contribution in [0.3, 0.4) is 0 Å². The van der Waals surface area contributed by atoms with Gasteiger partial charge in [-0.2, -0.15) is 0 Å². The number of nitrogens with zero attached hydrogens (tertiary/aromatic N) is 1. The molecule has 0 radical (unpaired) electrons. The molecule has 160 valence electrons. The molecule has 0 spiro atoms.